The molecule has 314 valence electrons. The van der Waals surface area contributed by atoms with Crippen molar-refractivity contribution < 1.29 is 33.0 Å². The highest BCUT2D eigenvalue weighted by Crippen LogP contribution is 2.62. The van der Waals surface area contributed by atoms with Crippen LogP contribution < -0.4 is 20.7 Å². The maximum atomic E-state index is 13.7. The molecule has 1 N–H and O–H groups in total. The molecule has 3 aliphatic rings. The van der Waals surface area contributed by atoms with Crippen molar-refractivity contribution >= 4 is 35.8 Å². The molecule has 15 heteroatoms. The molecule has 5 aromatic rings. The van der Waals surface area contributed by atoms with E-state index in [0.29, 0.717) is 34.1 Å². The third-order valence-corrected chi connectivity index (χ3v) is 16.5. The van der Waals surface area contributed by atoms with Crippen molar-refractivity contribution in [3.63, 3.8) is 0 Å². The molecule has 4 heterocycles. The summed E-state index contributed by atoms with van der Waals surface area (Å²) in [6.45, 7) is 3.38. The van der Waals surface area contributed by atoms with Crippen molar-refractivity contribution in [2.75, 3.05) is 58.6 Å². The number of nitrogens with one attached hydrogen (secondary N) is 1. The standard InChI is InChI=1S/C45H48N3O9PS2/c1-32-28-48(42(51)46-39(32)49)44-31-54-43(29-55-44,41(44)57-58(47-24-10-11-25-47)60-27-26-59-40(50)33-12-6-4-7-13-33)30-56-45(34-14-8-5-9-15-34,35-16-20-37(52-2)21-17-35)36-18-22-38(53-3)23-19-36/h4-9,12-23,28,41H,10-11,24-27,29-31H2,1-3H3,(H,46,49,51)/t41?,43-,44+,58?/m1/s1. The molecule has 4 aromatic carbocycles. The van der Waals surface area contributed by atoms with Crippen molar-refractivity contribution in [1.82, 2.24) is 14.2 Å². The van der Waals surface area contributed by atoms with E-state index in [1.807, 2.05) is 109 Å². The number of hydrogen-bond donors (Lipinski definition) is 1. The summed E-state index contributed by atoms with van der Waals surface area (Å²) in [7, 11) is 1.93. The van der Waals surface area contributed by atoms with Gasteiger partial charge in [-0.25, -0.2) is 4.79 Å². The lowest BCUT2D eigenvalue weighted by Crippen LogP contribution is -2.53. The van der Waals surface area contributed by atoms with E-state index >= 15 is 0 Å². The first-order valence-corrected chi connectivity index (χ1v) is 23.7. The largest absolute Gasteiger partial charge is 0.497 e. The fourth-order valence-electron chi connectivity index (χ4n) is 8.09. The predicted molar refractivity (Wildman–Crippen MR) is 235 cm³/mol. The Hall–Kier alpha value is -4.24. The van der Waals surface area contributed by atoms with E-state index in [-0.39, 0.29) is 24.9 Å². The van der Waals surface area contributed by atoms with Crippen molar-refractivity contribution in [2.24, 2.45) is 0 Å². The Kier molecular flexibility index (Phi) is 13.0. The molecule has 1 aromatic heterocycles. The summed E-state index contributed by atoms with van der Waals surface area (Å²) in [5, 5.41) is 0.0248. The summed E-state index contributed by atoms with van der Waals surface area (Å²) in [6.07, 6.45) is 2.75. The van der Waals surface area contributed by atoms with Crippen LogP contribution in [0.5, 0.6) is 11.5 Å². The minimum absolute atomic E-state index is 0.00127. The van der Waals surface area contributed by atoms with E-state index in [4.69, 9.17) is 28.2 Å². The van der Waals surface area contributed by atoms with Gasteiger partial charge in [-0.2, -0.15) is 0 Å². The molecule has 60 heavy (non-hydrogen) atoms. The number of ether oxygens (including phenoxy) is 5. The van der Waals surface area contributed by atoms with Crippen LogP contribution in [-0.2, 0) is 30.1 Å². The second kappa shape index (κ2) is 18.4. The molecule has 0 aliphatic carbocycles. The maximum absolute atomic E-state index is 13.7. The molecule has 0 saturated carbocycles. The Balaban J connectivity index is 1.18. The molecule has 3 aliphatic heterocycles. The lowest BCUT2D eigenvalue weighted by molar-refractivity contribution is -0.186. The van der Waals surface area contributed by atoms with Gasteiger partial charge in [0.2, 0.25) is 10.8 Å². The summed E-state index contributed by atoms with van der Waals surface area (Å²) in [5.74, 6) is 2.65. The Morgan fingerprint density at radius 1 is 0.817 bits per heavy atom. The van der Waals surface area contributed by atoms with Gasteiger partial charge in [-0.05, 0) is 60.7 Å². The number of rotatable bonds is 17. The van der Waals surface area contributed by atoms with E-state index in [9.17, 15) is 14.4 Å². The van der Waals surface area contributed by atoms with Crippen molar-refractivity contribution in [3.05, 3.63) is 164 Å². The number of aryl methyl sites for hydroxylation is 1. The molecule has 4 atom stereocenters. The van der Waals surface area contributed by atoms with Crippen LogP contribution in [0.15, 0.2) is 125 Å². The Morgan fingerprint density at radius 3 is 2.00 bits per heavy atom. The van der Waals surface area contributed by atoms with Crippen molar-refractivity contribution in [1.29, 1.82) is 0 Å². The second-order valence-corrected chi connectivity index (χ2v) is 19.6. The molecule has 2 bridgehead atoms. The van der Waals surface area contributed by atoms with E-state index in [1.165, 1.54) is 22.5 Å². The zero-order valence-corrected chi connectivity index (χ0v) is 36.3. The highest BCUT2D eigenvalue weighted by atomic mass is 32.7. The number of nitrogens with zero attached hydrogens (tertiary/aromatic N) is 2. The number of carbonyl (C=O) groups is 1. The van der Waals surface area contributed by atoms with Gasteiger partial charge >= 0.3 is 5.69 Å². The molecule has 3 saturated heterocycles. The lowest BCUT2D eigenvalue weighted by atomic mass is 9.79. The first-order chi connectivity index (χ1) is 29.2. The van der Waals surface area contributed by atoms with E-state index in [0.717, 1.165) is 42.6 Å². The van der Waals surface area contributed by atoms with Crippen LogP contribution in [0.3, 0.4) is 0 Å². The fourth-order valence-corrected chi connectivity index (χ4v) is 13.4. The van der Waals surface area contributed by atoms with Gasteiger partial charge in [0, 0.05) is 41.9 Å². The molecule has 0 spiro atoms. The van der Waals surface area contributed by atoms with Crippen LogP contribution in [0, 0.1) is 6.92 Å². The van der Waals surface area contributed by atoms with Gasteiger partial charge in [0.05, 0.1) is 34.0 Å². The van der Waals surface area contributed by atoms with Crippen molar-refractivity contribution in [3.8, 4) is 11.5 Å². The van der Waals surface area contributed by atoms with Gasteiger partial charge in [-0.3, -0.25) is 23.8 Å². The second-order valence-electron chi connectivity index (χ2n) is 14.9. The monoisotopic (exact) mass is 869 g/mol. The average Bonchev–Trinajstić information content (AvgIpc) is 4.02. The Bertz CT molecular complexity index is 2300. The van der Waals surface area contributed by atoms with Crippen LogP contribution in [0.4, 0.5) is 0 Å². The van der Waals surface area contributed by atoms with Crippen LogP contribution >= 0.6 is 30.6 Å². The Morgan fingerprint density at radius 2 is 1.42 bits per heavy atom. The molecular weight excluding hydrogens is 822 g/mol. The highest BCUT2D eigenvalue weighted by Gasteiger charge is 2.70. The summed E-state index contributed by atoms with van der Waals surface area (Å²) >= 11 is 2.96. The summed E-state index contributed by atoms with van der Waals surface area (Å²) in [6, 6.07) is 35.0. The van der Waals surface area contributed by atoms with E-state index in [2.05, 4.69) is 9.65 Å². The Labute approximate surface area is 358 Å². The smallest absolute Gasteiger partial charge is 0.330 e. The van der Waals surface area contributed by atoms with Gasteiger partial charge in [0.25, 0.3) is 5.56 Å². The van der Waals surface area contributed by atoms with Gasteiger partial charge in [0.1, 0.15) is 28.8 Å². The normalized spacial score (nSPS) is 21.9. The van der Waals surface area contributed by atoms with E-state index in [1.54, 1.807) is 32.5 Å². The number of hydrogen-bond acceptors (Lipinski definition) is 12. The van der Waals surface area contributed by atoms with Gasteiger partial charge < -0.3 is 28.2 Å². The average molecular weight is 870 g/mol. The number of H-pyrrole nitrogens is 1. The third kappa shape index (κ3) is 8.24. The topological polar surface area (TPSA) is 131 Å². The van der Waals surface area contributed by atoms with Crippen molar-refractivity contribution in [2.45, 2.75) is 42.8 Å². The molecule has 3 fully saturated rings. The number of carbonyl (C=O) groups excluding carboxylic acids is 1. The van der Waals surface area contributed by atoms with Crippen LogP contribution in [-0.4, -0.2) is 89.7 Å². The first kappa shape index (κ1) is 42.5. The lowest BCUT2D eigenvalue weighted by Gasteiger charge is -2.40. The van der Waals surface area contributed by atoms with Crippen LogP contribution in [0.1, 0.15) is 45.5 Å². The van der Waals surface area contributed by atoms with Gasteiger partial charge in [-0.1, -0.05) is 108 Å². The highest BCUT2D eigenvalue weighted by molar-refractivity contribution is 8.53. The zero-order chi connectivity index (χ0) is 41.7. The molecule has 0 radical (unpaired) electrons. The first-order valence-electron chi connectivity index (χ1n) is 19.9. The fraction of sp³-hybridized carbons (Fsp3) is 0.356. The number of benzene rings is 4. The predicted octanol–water partition coefficient (Wildman–Crippen LogP) is 7.34. The zero-order valence-electron chi connectivity index (χ0n) is 33.7. The van der Waals surface area contributed by atoms with E-state index < -0.39 is 41.8 Å². The number of aromatic amines is 1. The number of fused-ring (bicyclic) bond motifs is 2. The summed E-state index contributed by atoms with van der Waals surface area (Å²) < 4.78 is 43.3. The molecule has 0 amide bonds. The molecular formula is C45H48N3O9PS2. The van der Waals surface area contributed by atoms with Gasteiger partial charge in [0.15, 0.2) is 7.50 Å². The van der Waals surface area contributed by atoms with Crippen LogP contribution in [0.25, 0.3) is 0 Å². The minimum atomic E-state index is -1.41. The number of aromatic nitrogens is 2. The summed E-state index contributed by atoms with van der Waals surface area (Å²) in [4.78, 5) is 41.8. The quantitative estimate of drug-likeness (QED) is 0.0571. The van der Waals surface area contributed by atoms with Gasteiger partial charge in [-0.15, -0.1) is 0 Å². The molecule has 2 unspecified atom stereocenters. The molecule has 8 rings (SSSR count). The van der Waals surface area contributed by atoms with Crippen LogP contribution in [0.2, 0.25) is 0 Å². The number of thioether (sulfide) groups is 1. The third-order valence-electron chi connectivity index (χ3n) is 11.3. The SMILES string of the molecule is COc1ccc(C(OC[C@@]23CO[C@@](n4cc(C)c(=O)[nH]c4=O)(CO2)C3OP(SCCSC(=O)c2ccccc2)N2CCCC2)(c2ccccc2)c2ccc(OC)cc2)cc1. The number of methoxy groups -OCH3 is 2. The summed E-state index contributed by atoms with van der Waals surface area (Å²) in [5.41, 5.74) is -1.27. The minimum Gasteiger partial charge on any atom is -0.497 e. The maximum Gasteiger partial charge on any atom is 0.330 e. The molecule has 12 nitrogen and oxygen atoms in total.